The summed E-state index contributed by atoms with van der Waals surface area (Å²) in [6.07, 6.45) is 4.57. The van der Waals surface area contributed by atoms with Crippen LogP contribution in [0.1, 0.15) is 76.3 Å². The molecule has 0 unspecified atom stereocenters. The summed E-state index contributed by atoms with van der Waals surface area (Å²) < 4.78 is 20.4. The summed E-state index contributed by atoms with van der Waals surface area (Å²) in [4.78, 5) is 56.5. The normalized spacial score (nSPS) is 24.0. The Bertz CT molecular complexity index is 2330. The minimum Gasteiger partial charge on any atom is -0.464 e. The van der Waals surface area contributed by atoms with Crippen LogP contribution in [0.25, 0.3) is 33.4 Å². The van der Waals surface area contributed by atoms with Gasteiger partial charge in [-0.1, -0.05) is 26.8 Å². The molecule has 21 heteroatoms. The fourth-order valence-electron chi connectivity index (χ4n) is 9.72. The second-order valence-corrected chi connectivity index (χ2v) is 19.4. The van der Waals surface area contributed by atoms with Crippen molar-refractivity contribution in [3.63, 3.8) is 0 Å². The number of ether oxygens (including phenoxy) is 3. The molecule has 4 aliphatic heterocycles. The molecule has 7 heterocycles. The molecule has 6 atom stereocenters. The molecule has 1 aliphatic carbocycles. The number of thiazole rings is 1. The highest BCUT2D eigenvalue weighted by Crippen LogP contribution is 2.43. The summed E-state index contributed by atoms with van der Waals surface area (Å²) in [5.41, 5.74) is 10.8. The van der Waals surface area contributed by atoms with Crippen LogP contribution < -0.4 is 15.6 Å². The van der Waals surface area contributed by atoms with Gasteiger partial charge in [0.2, 0.25) is 5.91 Å². The van der Waals surface area contributed by atoms with E-state index in [0.717, 1.165) is 108 Å². The van der Waals surface area contributed by atoms with Crippen LogP contribution >= 0.6 is 92.3 Å². The first-order valence-electron chi connectivity index (χ1n) is 22.2. The van der Waals surface area contributed by atoms with Gasteiger partial charge in [0.25, 0.3) is 5.91 Å². The van der Waals surface area contributed by atoms with Crippen LogP contribution in [0.15, 0.2) is 35.8 Å². The van der Waals surface area contributed by atoms with Crippen molar-refractivity contribution in [2.24, 2.45) is 17.3 Å². The number of cyclic esters (lactones) is 1. The summed E-state index contributed by atoms with van der Waals surface area (Å²) in [7, 11) is 1.73. The van der Waals surface area contributed by atoms with Crippen molar-refractivity contribution in [3.8, 4) is 22.5 Å². The molecular weight excluding hydrogens is 985 g/mol. The molecule has 6 bridgehead atoms. The molecule has 5 aliphatic rings. The van der Waals surface area contributed by atoms with E-state index in [9.17, 15) is 14.4 Å². The average molecular weight is 1060 g/mol. The van der Waals surface area contributed by atoms with E-state index in [1.807, 2.05) is 11.6 Å². The van der Waals surface area contributed by atoms with Crippen molar-refractivity contribution in [2.75, 3.05) is 64.6 Å². The number of pyridine rings is 1. The van der Waals surface area contributed by atoms with Crippen LogP contribution in [0.5, 0.6) is 0 Å². The van der Waals surface area contributed by atoms with Crippen molar-refractivity contribution >= 4 is 127 Å². The van der Waals surface area contributed by atoms with Gasteiger partial charge in [-0.05, 0) is 69.2 Å². The number of carbonyl (C=O) groups is 3. The number of hydrogen-bond donors (Lipinski definition) is 2. The number of morpholine rings is 1. The first kappa shape index (κ1) is 59.0. The summed E-state index contributed by atoms with van der Waals surface area (Å²) in [5.74, 6) is -0.576. The average Bonchev–Trinajstić information content (AvgIpc) is 3.70. The lowest BCUT2D eigenvalue weighted by molar-refractivity contribution is -0.155. The van der Waals surface area contributed by atoms with E-state index in [1.165, 1.54) is 16.3 Å². The number of esters is 1. The number of aromatic nitrogens is 3. The maximum absolute atomic E-state index is 14.2. The monoisotopic (exact) mass is 1060 g/mol. The minimum atomic E-state index is -0.831. The predicted octanol–water partition coefficient (Wildman–Crippen LogP) is 6.06. The first-order chi connectivity index (χ1) is 29.4. The van der Waals surface area contributed by atoms with E-state index in [4.69, 9.17) is 24.2 Å². The Labute approximate surface area is 441 Å². The van der Waals surface area contributed by atoms with Gasteiger partial charge in [-0.2, -0.15) is 81.0 Å². The molecule has 67 heavy (non-hydrogen) atoms. The number of rotatable bonds is 7. The van der Waals surface area contributed by atoms with E-state index < -0.39 is 23.5 Å². The van der Waals surface area contributed by atoms with Gasteiger partial charge in [-0.3, -0.25) is 29.3 Å². The number of methoxy groups -OCH3 is 1. The summed E-state index contributed by atoms with van der Waals surface area (Å²) in [6, 6.07) is 7.68. The van der Waals surface area contributed by atoms with Crippen molar-refractivity contribution in [3.05, 3.63) is 52.1 Å². The molecule has 2 N–H and O–H groups in total. The number of amides is 2. The molecule has 3 saturated heterocycles. The third-order valence-electron chi connectivity index (χ3n) is 13.5. The molecular formula is C46H72N8O6S7. The Hall–Kier alpha value is -2.31. The zero-order valence-electron chi connectivity index (χ0n) is 39.4. The third kappa shape index (κ3) is 12.4. The van der Waals surface area contributed by atoms with Gasteiger partial charge in [-0.25, -0.2) is 10.4 Å². The maximum atomic E-state index is 14.2. The van der Waals surface area contributed by atoms with Gasteiger partial charge in [0, 0.05) is 91.5 Å². The van der Waals surface area contributed by atoms with Crippen molar-refractivity contribution < 1.29 is 28.6 Å². The van der Waals surface area contributed by atoms with Crippen molar-refractivity contribution in [1.29, 1.82) is 0 Å². The largest absolute Gasteiger partial charge is 0.464 e. The summed E-state index contributed by atoms with van der Waals surface area (Å²) in [5, 5.41) is 8.46. The summed E-state index contributed by atoms with van der Waals surface area (Å²) in [6.45, 7) is 17.1. The number of hydrogen-bond acceptors (Lipinski definition) is 12. The highest BCUT2D eigenvalue weighted by atomic mass is 32.1. The molecule has 374 valence electrons. The number of nitrogens with zero attached hydrogens (tertiary/aromatic N) is 6. The van der Waals surface area contributed by atoms with Crippen LogP contribution in [0.2, 0.25) is 0 Å². The van der Waals surface area contributed by atoms with Gasteiger partial charge in [0.05, 0.1) is 65.9 Å². The standard InChI is InChI=1S/C46H60N8O6S.6H2S/c1-7-53-39-11-10-29-18-33(39)35(42(53)34-19-30(22-47-41(34)28(3)58-6)52-14-13-51-15-16-59-24-31(51)23-52)21-46(4,5)26-60-45(57)36-9-8-12-54(50-36)44(56)37(20-40-48-38(29)25-61-40)49-43(55)32-17-27(32)2;;;;;;/h10-11,18-19,22,25,27-28,31-32,36-37,50H,7-9,12-17,20-21,23-24,26H2,1-6H3,(H,49,55);6*1H2/t27-,28-,31-,32-,36-,37-;;;;;;/m0....../s1. The third-order valence-corrected chi connectivity index (χ3v) is 14.3. The number of anilines is 1. The Morgan fingerprint density at radius 2 is 1.84 bits per heavy atom. The van der Waals surface area contributed by atoms with Gasteiger partial charge >= 0.3 is 5.97 Å². The predicted molar refractivity (Wildman–Crippen MR) is 297 cm³/mol. The molecule has 3 aromatic heterocycles. The second-order valence-electron chi connectivity index (χ2n) is 18.5. The number of piperazine rings is 1. The smallest absolute Gasteiger partial charge is 0.324 e. The van der Waals surface area contributed by atoms with Crippen LogP contribution in [0.3, 0.4) is 0 Å². The lowest BCUT2D eigenvalue weighted by Crippen LogP contribution is -2.60. The fourth-order valence-corrected chi connectivity index (χ4v) is 10.6. The quantitative estimate of drug-likeness (QED) is 0.209. The lowest BCUT2D eigenvalue weighted by atomic mass is 9.84. The van der Waals surface area contributed by atoms with Gasteiger partial charge in [-0.15, -0.1) is 11.3 Å². The molecule has 0 radical (unpaired) electrons. The lowest BCUT2D eigenvalue weighted by Gasteiger charge is -2.44. The highest BCUT2D eigenvalue weighted by molar-refractivity contribution is 7.60. The molecule has 1 aromatic carbocycles. The molecule has 9 rings (SSSR count). The molecule has 14 nitrogen and oxygen atoms in total. The molecule has 4 fully saturated rings. The number of nitrogens with one attached hydrogen (secondary N) is 2. The van der Waals surface area contributed by atoms with Crippen molar-refractivity contribution in [2.45, 2.75) is 97.5 Å². The Balaban J connectivity index is 0.00000198. The van der Waals surface area contributed by atoms with Crippen LogP contribution in [-0.2, 0) is 48.0 Å². The Morgan fingerprint density at radius 1 is 1.07 bits per heavy atom. The Morgan fingerprint density at radius 3 is 2.55 bits per heavy atom. The Kier molecular flexibility index (Phi) is 21.7. The maximum Gasteiger partial charge on any atom is 0.324 e. The first-order valence-corrected chi connectivity index (χ1v) is 23.0. The highest BCUT2D eigenvalue weighted by Gasteiger charge is 2.42. The zero-order valence-corrected chi connectivity index (χ0v) is 46.2. The number of fused-ring (bicyclic) bond motifs is 7. The van der Waals surface area contributed by atoms with Gasteiger partial charge in [0.15, 0.2) is 0 Å². The SMILES string of the molecule is CCn1c(-c2cc(N3CCN4CCOC[C@@H]4C3)cnc2[C@H](C)OC)c2c3cc(ccc31)-c1csc(n1)C[C@H](NC(=O)[C@H]1C[C@@H]1C)C(=O)N1CCC[C@H](N1)C(=O)OCC(C)(C)C2.S.S.S.S.S.S. The van der Waals surface area contributed by atoms with Crippen molar-refractivity contribution in [1.82, 2.24) is 35.2 Å². The number of aryl methyl sites for hydroxylation is 1. The number of hydrazine groups is 1. The molecule has 2 amide bonds. The van der Waals surface area contributed by atoms with Crippen LogP contribution in [0.4, 0.5) is 5.69 Å². The zero-order chi connectivity index (χ0) is 42.6. The number of benzene rings is 1. The van der Waals surface area contributed by atoms with Crippen LogP contribution in [-0.4, -0.2) is 120 Å². The van der Waals surface area contributed by atoms with E-state index in [1.54, 1.807) is 7.11 Å². The van der Waals surface area contributed by atoms with E-state index >= 15 is 0 Å². The van der Waals surface area contributed by atoms with Gasteiger partial charge in [0.1, 0.15) is 12.1 Å². The molecule has 0 spiro atoms. The molecule has 1 saturated carbocycles. The van der Waals surface area contributed by atoms with E-state index in [0.29, 0.717) is 37.8 Å². The number of carbonyl (C=O) groups excluding carboxylic acids is 3. The fraction of sp³-hybridized carbons (Fsp3) is 0.587. The summed E-state index contributed by atoms with van der Waals surface area (Å²) >= 11 is 1.49. The van der Waals surface area contributed by atoms with Gasteiger partial charge < -0.3 is 29.0 Å². The minimum absolute atomic E-state index is 0. The second kappa shape index (κ2) is 24.7. The topological polar surface area (TPSA) is 143 Å². The van der Waals surface area contributed by atoms with Crippen LogP contribution in [0, 0.1) is 17.3 Å². The molecule has 4 aromatic rings. The van der Waals surface area contributed by atoms with E-state index in [-0.39, 0.29) is 118 Å². The van der Waals surface area contributed by atoms with E-state index in [2.05, 4.69) is 84.0 Å².